The lowest BCUT2D eigenvalue weighted by atomic mass is 10.2. The fraction of sp³-hybridized carbons (Fsp3) is 0.100. The Morgan fingerprint density at radius 1 is 1.15 bits per heavy atom. The molecule has 2 aromatic carbocycles. The fourth-order valence-electron chi connectivity index (χ4n) is 2.77. The van der Waals surface area contributed by atoms with Crippen molar-refractivity contribution in [2.75, 3.05) is 7.11 Å². The normalized spacial score (nSPS) is 11.0. The zero-order valence-corrected chi connectivity index (χ0v) is 15.6. The summed E-state index contributed by atoms with van der Waals surface area (Å²) in [5.74, 6) is 0.801. The van der Waals surface area contributed by atoms with Gasteiger partial charge >= 0.3 is 0 Å². The van der Waals surface area contributed by atoms with Gasteiger partial charge in [0.15, 0.2) is 0 Å². The zero-order valence-electron chi connectivity index (χ0n) is 14.0. The molecule has 130 valence electrons. The van der Waals surface area contributed by atoms with E-state index in [0.717, 1.165) is 21.8 Å². The van der Waals surface area contributed by atoms with Crippen molar-refractivity contribution in [3.05, 3.63) is 81.9 Å². The smallest absolute Gasteiger partial charge is 0.271 e. The van der Waals surface area contributed by atoms with E-state index >= 15 is 0 Å². The second-order valence-electron chi connectivity index (χ2n) is 5.82. The van der Waals surface area contributed by atoms with E-state index in [1.54, 1.807) is 18.0 Å². The molecule has 0 fully saturated rings. The predicted molar refractivity (Wildman–Crippen MR) is 106 cm³/mol. The van der Waals surface area contributed by atoms with Crippen LogP contribution in [0.2, 0.25) is 5.02 Å². The monoisotopic (exact) mass is 382 g/mol. The summed E-state index contributed by atoms with van der Waals surface area (Å²) in [6.07, 6.45) is 1.58. The minimum atomic E-state index is -0.0559. The van der Waals surface area contributed by atoms with Crippen molar-refractivity contribution >= 4 is 33.2 Å². The number of rotatable bonds is 4. The van der Waals surface area contributed by atoms with E-state index in [0.29, 0.717) is 21.8 Å². The molecule has 0 aliphatic heterocycles. The van der Waals surface area contributed by atoms with Crippen LogP contribution in [0.15, 0.2) is 65.7 Å². The predicted octanol–water partition coefficient (Wildman–Crippen LogP) is 4.84. The molecule has 6 heteroatoms. The molecule has 4 aromatic rings. The molecule has 4 nitrogen and oxygen atoms in total. The van der Waals surface area contributed by atoms with Crippen LogP contribution in [0.5, 0.6) is 5.75 Å². The highest BCUT2D eigenvalue weighted by atomic mass is 35.5. The fourth-order valence-corrected chi connectivity index (χ4v) is 4.03. The van der Waals surface area contributed by atoms with Crippen LogP contribution in [-0.4, -0.2) is 16.7 Å². The van der Waals surface area contributed by atoms with Gasteiger partial charge in [-0.3, -0.25) is 9.36 Å². The van der Waals surface area contributed by atoms with E-state index in [-0.39, 0.29) is 5.56 Å². The number of benzene rings is 2. The molecule has 2 heterocycles. The Labute approximate surface area is 159 Å². The van der Waals surface area contributed by atoms with Gasteiger partial charge in [-0.2, -0.15) is 0 Å². The Morgan fingerprint density at radius 3 is 2.65 bits per heavy atom. The number of aromatic nitrogens is 2. The Morgan fingerprint density at radius 2 is 1.92 bits per heavy atom. The van der Waals surface area contributed by atoms with Gasteiger partial charge in [-0.1, -0.05) is 29.8 Å². The summed E-state index contributed by atoms with van der Waals surface area (Å²) in [4.78, 5) is 18.3. The molecule has 0 atom stereocenters. The van der Waals surface area contributed by atoms with Crippen LogP contribution < -0.4 is 10.3 Å². The third-order valence-corrected chi connectivity index (χ3v) is 5.71. The third-order valence-electron chi connectivity index (χ3n) is 4.18. The molecule has 2 aromatic heterocycles. The van der Waals surface area contributed by atoms with Gasteiger partial charge in [0.25, 0.3) is 5.56 Å². The minimum absolute atomic E-state index is 0.0559. The van der Waals surface area contributed by atoms with Gasteiger partial charge in [-0.15, -0.1) is 11.3 Å². The summed E-state index contributed by atoms with van der Waals surface area (Å²) in [7, 11) is 1.64. The van der Waals surface area contributed by atoms with Crippen LogP contribution in [0.3, 0.4) is 0 Å². The summed E-state index contributed by atoms with van der Waals surface area (Å²) < 4.78 is 7.43. The van der Waals surface area contributed by atoms with Crippen molar-refractivity contribution < 1.29 is 4.74 Å². The van der Waals surface area contributed by atoms with Gasteiger partial charge in [0, 0.05) is 9.90 Å². The highest BCUT2D eigenvalue weighted by Gasteiger charge is 2.11. The molecular formula is C20H15ClN2O2S. The van der Waals surface area contributed by atoms with Crippen molar-refractivity contribution in [1.29, 1.82) is 0 Å². The first kappa shape index (κ1) is 16.8. The first-order chi connectivity index (χ1) is 12.7. The lowest BCUT2D eigenvalue weighted by molar-refractivity contribution is 0.415. The zero-order chi connectivity index (χ0) is 18.1. The Hall–Kier alpha value is -2.63. The molecule has 0 aliphatic rings. The minimum Gasteiger partial charge on any atom is -0.497 e. The highest BCUT2D eigenvalue weighted by molar-refractivity contribution is 7.22. The van der Waals surface area contributed by atoms with Crippen LogP contribution >= 0.6 is 22.9 Å². The van der Waals surface area contributed by atoms with Gasteiger partial charge in [0.05, 0.1) is 25.5 Å². The number of nitrogens with zero attached hydrogens (tertiary/aromatic N) is 2. The van der Waals surface area contributed by atoms with Crippen LogP contribution in [0.1, 0.15) is 5.56 Å². The van der Waals surface area contributed by atoms with Crippen molar-refractivity contribution in [2.24, 2.45) is 0 Å². The quantitative estimate of drug-likeness (QED) is 0.507. The second kappa shape index (κ2) is 6.94. The van der Waals surface area contributed by atoms with Gasteiger partial charge in [0.2, 0.25) is 0 Å². The molecular weight excluding hydrogens is 368 g/mol. The molecule has 0 N–H and O–H groups in total. The van der Waals surface area contributed by atoms with E-state index in [1.165, 1.54) is 11.3 Å². The van der Waals surface area contributed by atoms with Crippen LogP contribution in [0.25, 0.3) is 20.7 Å². The Balaban J connectivity index is 1.73. The third kappa shape index (κ3) is 3.11. The largest absolute Gasteiger partial charge is 0.497 e. The maximum Gasteiger partial charge on any atom is 0.271 e. The summed E-state index contributed by atoms with van der Waals surface area (Å²) in [5, 5.41) is 0.643. The van der Waals surface area contributed by atoms with Crippen molar-refractivity contribution in [1.82, 2.24) is 9.55 Å². The van der Waals surface area contributed by atoms with Crippen LogP contribution in [0, 0.1) is 0 Å². The number of ether oxygens (including phenoxy) is 1. The lowest BCUT2D eigenvalue weighted by Gasteiger charge is -2.06. The number of hydrogen-bond acceptors (Lipinski definition) is 4. The Bertz CT molecular complexity index is 1130. The van der Waals surface area contributed by atoms with Gasteiger partial charge in [-0.25, -0.2) is 4.98 Å². The number of methoxy groups -OCH3 is 1. The summed E-state index contributed by atoms with van der Waals surface area (Å²) >= 11 is 7.66. The number of halogens is 1. The highest BCUT2D eigenvalue weighted by Crippen LogP contribution is 2.31. The molecule has 0 radical (unpaired) electrons. The first-order valence-corrected chi connectivity index (χ1v) is 9.22. The lowest BCUT2D eigenvalue weighted by Crippen LogP contribution is -2.20. The van der Waals surface area contributed by atoms with Gasteiger partial charge in [-0.05, 0) is 47.5 Å². The number of fused-ring (bicyclic) bond motifs is 1. The molecule has 0 saturated carbocycles. The van der Waals surface area contributed by atoms with Crippen molar-refractivity contribution in [2.45, 2.75) is 6.54 Å². The SMILES string of the molecule is COc1ccc(-c2cc3ncn(Cc4ccccc4Cl)c(=O)c3s2)cc1. The molecule has 0 aliphatic carbocycles. The molecule has 0 saturated heterocycles. The van der Waals surface area contributed by atoms with Gasteiger partial charge < -0.3 is 4.74 Å². The topological polar surface area (TPSA) is 44.1 Å². The Kier molecular flexibility index (Phi) is 4.49. The standard InChI is InChI=1S/C20H15ClN2O2S/c1-25-15-8-6-13(7-9-15)18-10-17-19(26-18)20(24)23(12-22-17)11-14-4-2-3-5-16(14)21/h2-10,12H,11H2,1H3. The maximum atomic E-state index is 12.9. The maximum absolute atomic E-state index is 12.9. The molecule has 0 spiro atoms. The number of hydrogen-bond donors (Lipinski definition) is 0. The van der Waals surface area contributed by atoms with E-state index in [1.807, 2.05) is 54.6 Å². The molecule has 0 unspecified atom stereocenters. The van der Waals surface area contributed by atoms with E-state index in [9.17, 15) is 4.79 Å². The van der Waals surface area contributed by atoms with Crippen LogP contribution in [-0.2, 0) is 6.54 Å². The van der Waals surface area contributed by atoms with Crippen molar-refractivity contribution in [3.8, 4) is 16.2 Å². The van der Waals surface area contributed by atoms with E-state index in [4.69, 9.17) is 16.3 Å². The van der Waals surface area contributed by atoms with E-state index in [2.05, 4.69) is 4.98 Å². The van der Waals surface area contributed by atoms with E-state index < -0.39 is 0 Å². The van der Waals surface area contributed by atoms with Crippen LogP contribution in [0.4, 0.5) is 0 Å². The molecule has 0 amide bonds. The average molecular weight is 383 g/mol. The molecule has 26 heavy (non-hydrogen) atoms. The molecule has 4 rings (SSSR count). The van der Waals surface area contributed by atoms with Gasteiger partial charge in [0.1, 0.15) is 10.4 Å². The number of thiophene rings is 1. The summed E-state index contributed by atoms with van der Waals surface area (Å²) in [6.45, 7) is 0.400. The average Bonchev–Trinajstić information content (AvgIpc) is 3.11. The summed E-state index contributed by atoms with van der Waals surface area (Å²) in [6, 6.07) is 17.2. The first-order valence-electron chi connectivity index (χ1n) is 8.02. The second-order valence-corrected chi connectivity index (χ2v) is 7.28. The summed E-state index contributed by atoms with van der Waals surface area (Å²) in [5.41, 5.74) is 2.58. The van der Waals surface area contributed by atoms with Crippen molar-refractivity contribution in [3.63, 3.8) is 0 Å². The molecule has 0 bridgehead atoms.